The molecule has 5 N–H and O–H groups in total. The number of amides is 1. The standard InChI is InChI=1S/C19H29BN2O6/c21-10-1-2-11-27-16-5-3-4-14(12-16)13-18(23)22-17-8-6-15(28-20(17)26)7-9-19(24)25/h3-5,12,15,17,26H,1-2,6-11,13,21H2,(H,22,23)(H,24,25)/t15-,17-/m0/s1. The normalized spacial score (nSPS) is 19.3. The summed E-state index contributed by atoms with van der Waals surface area (Å²) in [6, 6.07) is 7.37. The minimum absolute atomic E-state index is 0.000946. The maximum absolute atomic E-state index is 12.3. The van der Waals surface area contributed by atoms with E-state index in [2.05, 4.69) is 5.32 Å². The molecule has 0 saturated carbocycles. The van der Waals surface area contributed by atoms with Crippen LogP contribution in [-0.2, 0) is 20.7 Å². The lowest BCUT2D eigenvalue weighted by Crippen LogP contribution is -2.53. The number of carbonyl (C=O) groups is 2. The van der Waals surface area contributed by atoms with Crippen LogP contribution in [-0.4, -0.2) is 54.3 Å². The zero-order valence-corrected chi connectivity index (χ0v) is 16.0. The summed E-state index contributed by atoms with van der Waals surface area (Å²) in [5.41, 5.74) is 6.28. The number of unbranched alkanes of at least 4 members (excludes halogenated alkanes) is 1. The molecule has 1 aromatic rings. The molecule has 1 amide bonds. The van der Waals surface area contributed by atoms with Crippen molar-refractivity contribution in [1.82, 2.24) is 5.32 Å². The quantitative estimate of drug-likeness (QED) is 0.325. The Kier molecular flexibility index (Phi) is 9.26. The molecule has 0 aliphatic carbocycles. The Morgan fingerprint density at radius 1 is 1.32 bits per heavy atom. The van der Waals surface area contributed by atoms with Crippen molar-refractivity contribution in [2.24, 2.45) is 5.73 Å². The highest BCUT2D eigenvalue weighted by atomic mass is 16.5. The predicted octanol–water partition coefficient (Wildman–Crippen LogP) is 0.895. The topological polar surface area (TPSA) is 131 Å². The van der Waals surface area contributed by atoms with Gasteiger partial charge in [-0.05, 0) is 56.3 Å². The van der Waals surface area contributed by atoms with Crippen LogP contribution < -0.4 is 15.8 Å². The van der Waals surface area contributed by atoms with E-state index in [1.54, 1.807) is 0 Å². The molecule has 0 unspecified atom stereocenters. The van der Waals surface area contributed by atoms with Gasteiger partial charge in [0.25, 0.3) is 0 Å². The number of carboxylic acid groups (broad SMARTS) is 1. The van der Waals surface area contributed by atoms with Gasteiger partial charge >= 0.3 is 13.1 Å². The second-order valence-corrected chi connectivity index (χ2v) is 7.00. The lowest BCUT2D eigenvalue weighted by Gasteiger charge is -2.31. The van der Waals surface area contributed by atoms with Gasteiger partial charge in [-0.1, -0.05) is 12.1 Å². The fourth-order valence-electron chi connectivity index (χ4n) is 3.13. The number of carbonyl (C=O) groups excluding carboxylic acids is 1. The molecule has 1 aliphatic heterocycles. The van der Waals surface area contributed by atoms with E-state index >= 15 is 0 Å². The van der Waals surface area contributed by atoms with Crippen molar-refractivity contribution in [2.75, 3.05) is 13.2 Å². The van der Waals surface area contributed by atoms with E-state index in [0.29, 0.717) is 38.2 Å². The SMILES string of the molecule is NCCCCOc1cccc(CC(=O)N[C@H]2CC[C@@H](CCC(=O)O)OB2O)c1. The second kappa shape index (κ2) is 11.7. The van der Waals surface area contributed by atoms with Crippen molar-refractivity contribution in [3.8, 4) is 5.75 Å². The molecule has 1 aromatic carbocycles. The first-order valence-corrected chi connectivity index (χ1v) is 9.74. The minimum atomic E-state index is -1.13. The molecular weight excluding hydrogens is 363 g/mol. The summed E-state index contributed by atoms with van der Waals surface area (Å²) in [6.45, 7) is 1.22. The van der Waals surface area contributed by atoms with Crippen LogP contribution in [0.1, 0.15) is 44.1 Å². The zero-order valence-electron chi connectivity index (χ0n) is 16.0. The lowest BCUT2D eigenvalue weighted by atomic mass is 9.72. The molecule has 1 heterocycles. The lowest BCUT2D eigenvalue weighted by molar-refractivity contribution is -0.137. The smallest absolute Gasteiger partial charge is 0.478 e. The number of benzene rings is 1. The van der Waals surface area contributed by atoms with Gasteiger partial charge < -0.3 is 30.6 Å². The average Bonchev–Trinajstić information content (AvgIpc) is 2.66. The first kappa shape index (κ1) is 22.2. The fraction of sp³-hybridized carbons (Fsp3) is 0.579. The van der Waals surface area contributed by atoms with Gasteiger partial charge in [-0.25, -0.2) is 0 Å². The predicted molar refractivity (Wildman–Crippen MR) is 105 cm³/mol. The average molecular weight is 392 g/mol. The molecule has 0 aromatic heterocycles. The van der Waals surface area contributed by atoms with Gasteiger partial charge in [0.2, 0.25) is 5.91 Å². The Labute approximate surface area is 165 Å². The molecule has 1 saturated heterocycles. The van der Waals surface area contributed by atoms with Crippen LogP contribution in [0.15, 0.2) is 24.3 Å². The summed E-state index contributed by atoms with van der Waals surface area (Å²) in [4.78, 5) is 23.0. The maximum Gasteiger partial charge on any atom is 0.478 e. The molecule has 8 nitrogen and oxygen atoms in total. The molecule has 9 heteroatoms. The number of aliphatic carboxylic acids is 1. The van der Waals surface area contributed by atoms with E-state index in [1.807, 2.05) is 24.3 Å². The Morgan fingerprint density at radius 2 is 2.14 bits per heavy atom. The van der Waals surface area contributed by atoms with Crippen molar-refractivity contribution in [3.05, 3.63) is 29.8 Å². The first-order valence-electron chi connectivity index (χ1n) is 9.74. The third-order valence-corrected chi connectivity index (χ3v) is 4.63. The molecule has 154 valence electrons. The van der Waals surface area contributed by atoms with E-state index in [9.17, 15) is 14.6 Å². The second-order valence-electron chi connectivity index (χ2n) is 7.00. The minimum Gasteiger partial charge on any atom is -0.494 e. The van der Waals surface area contributed by atoms with Crippen molar-refractivity contribution >= 4 is 19.0 Å². The number of hydrogen-bond acceptors (Lipinski definition) is 6. The van der Waals surface area contributed by atoms with E-state index in [1.165, 1.54) is 0 Å². The third kappa shape index (κ3) is 7.88. The van der Waals surface area contributed by atoms with Gasteiger partial charge in [0.05, 0.1) is 19.0 Å². The number of nitrogens with one attached hydrogen (secondary N) is 1. The van der Waals surface area contributed by atoms with Gasteiger partial charge in [-0.15, -0.1) is 0 Å². The molecule has 0 radical (unpaired) electrons. The summed E-state index contributed by atoms with van der Waals surface area (Å²) < 4.78 is 11.1. The summed E-state index contributed by atoms with van der Waals surface area (Å²) in [5, 5.41) is 21.6. The molecule has 1 aliphatic rings. The molecule has 2 atom stereocenters. The summed E-state index contributed by atoms with van der Waals surface area (Å²) in [7, 11) is -1.13. The van der Waals surface area contributed by atoms with Gasteiger partial charge in [0.1, 0.15) is 5.75 Å². The molecule has 0 spiro atoms. The van der Waals surface area contributed by atoms with Gasteiger partial charge in [-0.2, -0.15) is 0 Å². The number of rotatable bonds is 11. The van der Waals surface area contributed by atoms with Gasteiger partial charge in [0, 0.05) is 12.5 Å². The first-order chi connectivity index (χ1) is 13.5. The van der Waals surface area contributed by atoms with E-state index in [0.717, 1.165) is 18.4 Å². The van der Waals surface area contributed by atoms with Crippen LogP contribution in [0.25, 0.3) is 0 Å². The van der Waals surface area contributed by atoms with Crippen LogP contribution in [0.5, 0.6) is 5.75 Å². The van der Waals surface area contributed by atoms with Crippen LogP contribution in [0, 0.1) is 0 Å². The van der Waals surface area contributed by atoms with Crippen molar-refractivity contribution in [1.29, 1.82) is 0 Å². The van der Waals surface area contributed by atoms with Crippen LogP contribution in [0.4, 0.5) is 0 Å². The fourth-order valence-corrected chi connectivity index (χ4v) is 3.13. The van der Waals surface area contributed by atoms with Crippen LogP contribution in [0.3, 0.4) is 0 Å². The van der Waals surface area contributed by atoms with Crippen molar-refractivity contribution in [3.63, 3.8) is 0 Å². The molecular formula is C19H29BN2O6. The van der Waals surface area contributed by atoms with E-state index in [4.69, 9.17) is 20.2 Å². The molecule has 1 fully saturated rings. The van der Waals surface area contributed by atoms with Crippen LogP contribution >= 0.6 is 0 Å². The number of ether oxygens (including phenoxy) is 1. The number of carboxylic acids is 1. The monoisotopic (exact) mass is 392 g/mol. The highest BCUT2D eigenvalue weighted by Gasteiger charge is 2.35. The molecule has 28 heavy (non-hydrogen) atoms. The Morgan fingerprint density at radius 3 is 2.86 bits per heavy atom. The van der Waals surface area contributed by atoms with Crippen LogP contribution in [0.2, 0.25) is 0 Å². The molecule has 2 rings (SSSR count). The number of nitrogens with two attached hydrogens (primary N) is 1. The van der Waals surface area contributed by atoms with Gasteiger partial charge in [0.15, 0.2) is 0 Å². The Hall–Kier alpha value is -2.10. The molecule has 0 bridgehead atoms. The van der Waals surface area contributed by atoms with Crippen molar-refractivity contribution in [2.45, 2.75) is 57.0 Å². The summed E-state index contributed by atoms with van der Waals surface area (Å²) in [5.74, 6) is -0.884. The number of hydrogen-bond donors (Lipinski definition) is 4. The maximum atomic E-state index is 12.3. The largest absolute Gasteiger partial charge is 0.494 e. The van der Waals surface area contributed by atoms with E-state index < -0.39 is 19.0 Å². The van der Waals surface area contributed by atoms with Crippen molar-refractivity contribution < 1.29 is 29.1 Å². The summed E-state index contributed by atoms with van der Waals surface area (Å²) in [6.07, 6.45) is 3.16. The highest BCUT2D eigenvalue weighted by molar-refractivity contribution is 6.45. The Bertz CT molecular complexity index is 645. The highest BCUT2D eigenvalue weighted by Crippen LogP contribution is 2.20. The summed E-state index contributed by atoms with van der Waals surface area (Å²) >= 11 is 0. The third-order valence-electron chi connectivity index (χ3n) is 4.63. The Balaban J connectivity index is 1.77. The van der Waals surface area contributed by atoms with E-state index in [-0.39, 0.29) is 24.9 Å². The van der Waals surface area contributed by atoms with Gasteiger partial charge in [-0.3, -0.25) is 9.59 Å². The zero-order chi connectivity index (χ0) is 20.4.